The molecule has 0 saturated heterocycles. The Bertz CT molecular complexity index is 390. The summed E-state index contributed by atoms with van der Waals surface area (Å²) < 4.78 is 5.21. The molecule has 0 spiro atoms. The van der Waals surface area contributed by atoms with Gasteiger partial charge in [-0.25, -0.2) is 4.79 Å². The average Bonchev–Trinajstić information content (AvgIpc) is 2.27. The Morgan fingerprint density at radius 2 is 2.27 bits per heavy atom. The summed E-state index contributed by atoms with van der Waals surface area (Å²) in [5.74, 6) is 0.709. The van der Waals surface area contributed by atoms with Crippen molar-refractivity contribution in [2.75, 3.05) is 12.4 Å². The second-order valence-electron chi connectivity index (χ2n) is 3.48. The Morgan fingerprint density at radius 3 is 2.93 bits per heavy atom. The number of para-hydroxylation sites is 1. The lowest BCUT2D eigenvalue weighted by Crippen LogP contribution is -2.37. The zero-order valence-corrected chi connectivity index (χ0v) is 8.83. The third-order valence-corrected chi connectivity index (χ3v) is 2.61. The van der Waals surface area contributed by atoms with Crippen LogP contribution < -0.4 is 15.4 Å². The standard InChI is InChI=1S/C11H14N2O2/c1-3-8-7-5-4-6-9(15-2)10(7)13-11(14)12-8/h4-6,8H,3H2,1-2H3,(H2,12,13,14). The highest BCUT2D eigenvalue weighted by molar-refractivity contribution is 5.94. The van der Waals surface area contributed by atoms with Crippen LogP contribution in [0, 0.1) is 0 Å². The number of ether oxygens (including phenoxy) is 1. The molecular formula is C11H14N2O2. The molecule has 2 amide bonds. The zero-order chi connectivity index (χ0) is 10.8. The van der Waals surface area contributed by atoms with Gasteiger partial charge in [-0.3, -0.25) is 0 Å². The van der Waals surface area contributed by atoms with Crippen LogP contribution in [0.1, 0.15) is 24.9 Å². The minimum Gasteiger partial charge on any atom is -0.495 e. The van der Waals surface area contributed by atoms with Crippen molar-refractivity contribution < 1.29 is 9.53 Å². The van der Waals surface area contributed by atoms with Gasteiger partial charge in [0.25, 0.3) is 0 Å². The van der Waals surface area contributed by atoms with Crippen LogP contribution in [0.5, 0.6) is 5.75 Å². The van der Waals surface area contributed by atoms with E-state index in [0.717, 1.165) is 17.7 Å². The summed E-state index contributed by atoms with van der Waals surface area (Å²) in [4.78, 5) is 11.4. The minimum atomic E-state index is -0.168. The summed E-state index contributed by atoms with van der Waals surface area (Å²) in [7, 11) is 1.60. The number of fused-ring (bicyclic) bond motifs is 1. The second-order valence-corrected chi connectivity index (χ2v) is 3.48. The SMILES string of the molecule is CCC1NC(=O)Nc2c(OC)cccc21. The highest BCUT2D eigenvalue weighted by Crippen LogP contribution is 2.35. The van der Waals surface area contributed by atoms with Crippen molar-refractivity contribution in [2.24, 2.45) is 0 Å². The number of carbonyl (C=O) groups excluding carboxylic acids is 1. The predicted molar refractivity (Wildman–Crippen MR) is 58.2 cm³/mol. The van der Waals surface area contributed by atoms with E-state index in [9.17, 15) is 4.79 Å². The Labute approximate surface area is 88.6 Å². The van der Waals surface area contributed by atoms with Crippen LogP contribution in [0.25, 0.3) is 0 Å². The number of benzene rings is 1. The third kappa shape index (κ3) is 1.63. The maximum atomic E-state index is 11.4. The Kier molecular flexibility index (Phi) is 2.49. The number of hydrogen-bond donors (Lipinski definition) is 2. The molecule has 2 N–H and O–H groups in total. The molecule has 1 aliphatic heterocycles. The molecule has 1 aromatic rings. The van der Waals surface area contributed by atoms with Gasteiger partial charge in [0, 0.05) is 5.56 Å². The van der Waals surface area contributed by atoms with Gasteiger partial charge in [-0.15, -0.1) is 0 Å². The van der Waals surface area contributed by atoms with Crippen LogP contribution in [0.3, 0.4) is 0 Å². The predicted octanol–water partition coefficient (Wildman–Crippen LogP) is 2.28. The van der Waals surface area contributed by atoms with E-state index >= 15 is 0 Å². The van der Waals surface area contributed by atoms with Gasteiger partial charge in [-0.2, -0.15) is 0 Å². The van der Waals surface area contributed by atoms with Crippen molar-refractivity contribution >= 4 is 11.7 Å². The molecule has 0 fully saturated rings. The summed E-state index contributed by atoms with van der Waals surface area (Å²) in [6.45, 7) is 2.04. The smallest absolute Gasteiger partial charge is 0.319 e. The number of hydrogen-bond acceptors (Lipinski definition) is 2. The first-order chi connectivity index (χ1) is 7.26. The maximum Gasteiger partial charge on any atom is 0.319 e. The van der Waals surface area contributed by atoms with Crippen molar-refractivity contribution in [3.05, 3.63) is 23.8 Å². The van der Waals surface area contributed by atoms with Gasteiger partial charge in [-0.1, -0.05) is 19.1 Å². The van der Waals surface area contributed by atoms with Crippen molar-refractivity contribution in [1.29, 1.82) is 0 Å². The number of methoxy groups -OCH3 is 1. The summed E-state index contributed by atoms with van der Waals surface area (Å²) in [6, 6.07) is 5.68. The molecule has 0 aliphatic carbocycles. The van der Waals surface area contributed by atoms with Gasteiger partial charge in [0.05, 0.1) is 18.8 Å². The first-order valence-electron chi connectivity index (χ1n) is 5.00. The van der Waals surface area contributed by atoms with E-state index in [2.05, 4.69) is 10.6 Å². The Balaban J connectivity index is 2.49. The molecule has 0 saturated carbocycles. The topological polar surface area (TPSA) is 50.4 Å². The van der Waals surface area contributed by atoms with Crippen molar-refractivity contribution in [1.82, 2.24) is 5.32 Å². The summed E-state index contributed by atoms with van der Waals surface area (Å²) >= 11 is 0. The van der Waals surface area contributed by atoms with Crippen LogP contribution in [-0.2, 0) is 0 Å². The number of carbonyl (C=O) groups is 1. The van der Waals surface area contributed by atoms with E-state index < -0.39 is 0 Å². The normalized spacial score (nSPS) is 18.8. The van der Waals surface area contributed by atoms with E-state index in [1.54, 1.807) is 7.11 Å². The molecule has 1 heterocycles. The van der Waals surface area contributed by atoms with Crippen LogP contribution in [-0.4, -0.2) is 13.1 Å². The molecule has 1 aromatic carbocycles. The summed E-state index contributed by atoms with van der Waals surface area (Å²) in [6.07, 6.45) is 0.869. The van der Waals surface area contributed by atoms with Crippen molar-refractivity contribution in [2.45, 2.75) is 19.4 Å². The first kappa shape index (κ1) is 9.83. The molecule has 0 radical (unpaired) electrons. The molecule has 4 nitrogen and oxygen atoms in total. The van der Waals surface area contributed by atoms with Crippen molar-refractivity contribution in [3.63, 3.8) is 0 Å². The van der Waals surface area contributed by atoms with Gasteiger partial charge < -0.3 is 15.4 Å². The molecule has 1 aliphatic rings. The number of amides is 2. The van der Waals surface area contributed by atoms with Gasteiger partial charge in [0.1, 0.15) is 5.75 Å². The fourth-order valence-electron chi connectivity index (χ4n) is 1.85. The Hall–Kier alpha value is -1.71. The number of urea groups is 1. The van der Waals surface area contributed by atoms with Gasteiger partial charge >= 0.3 is 6.03 Å². The molecule has 80 valence electrons. The van der Waals surface area contributed by atoms with Crippen molar-refractivity contribution in [3.8, 4) is 5.75 Å². The average molecular weight is 206 g/mol. The number of rotatable bonds is 2. The largest absolute Gasteiger partial charge is 0.495 e. The highest BCUT2D eigenvalue weighted by atomic mass is 16.5. The van der Waals surface area contributed by atoms with E-state index in [1.165, 1.54) is 0 Å². The van der Waals surface area contributed by atoms with E-state index in [-0.39, 0.29) is 12.1 Å². The van der Waals surface area contributed by atoms with Crippen LogP contribution in [0.4, 0.5) is 10.5 Å². The monoisotopic (exact) mass is 206 g/mol. The quantitative estimate of drug-likeness (QED) is 0.780. The van der Waals surface area contributed by atoms with Gasteiger partial charge in [0.2, 0.25) is 0 Å². The molecule has 0 bridgehead atoms. The maximum absolute atomic E-state index is 11.4. The lowest BCUT2D eigenvalue weighted by atomic mass is 10.00. The molecule has 2 rings (SSSR count). The molecular weight excluding hydrogens is 192 g/mol. The molecule has 15 heavy (non-hydrogen) atoms. The van der Waals surface area contributed by atoms with Crippen LogP contribution >= 0.6 is 0 Å². The number of anilines is 1. The summed E-state index contributed by atoms with van der Waals surface area (Å²) in [5, 5.41) is 5.64. The molecule has 0 aromatic heterocycles. The van der Waals surface area contributed by atoms with E-state index in [4.69, 9.17) is 4.74 Å². The lowest BCUT2D eigenvalue weighted by Gasteiger charge is -2.27. The van der Waals surface area contributed by atoms with E-state index in [0.29, 0.717) is 5.75 Å². The third-order valence-electron chi connectivity index (χ3n) is 2.61. The fourth-order valence-corrected chi connectivity index (χ4v) is 1.85. The molecule has 1 unspecified atom stereocenters. The second kappa shape index (κ2) is 3.81. The van der Waals surface area contributed by atoms with Crippen LogP contribution in [0.2, 0.25) is 0 Å². The van der Waals surface area contributed by atoms with Crippen LogP contribution in [0.15, 0.2) is 18.2 Å². The highest BCUT2D eigenvalue weighted by Gasteiger charge is 2.24. The molecule has 4 heteroatoms. The first-order valence-corrected chi connectivity index (χ1v) is 5.00. The van der Waals surface area contributed by atoms with Gasteiger partial charge in [0.15, 0.2) is 0 Å². The zero-order valence-electron chi connectivity index (χ0n) is 8.83. The Morgan fingerprint density at radius 1 is 1.47 bits per heavy atom. The van der Waals surface area contributed by atoms with E-state index in [1.807, 2.05) is 25.1 Å². The lowest BCUT2D eigenvalue weighted by molar-refractivity contribution is 0.246. The molecule has 1 atom stereocenters. The summed E-state index contributed by atoms with van der Waals surface area (Å²) in [5.41, 5.74) is 1.87. The van der Waals surface area contributed by atoms with Gasteiger partial charge in [-0.05, 0) is 12.5 Å². The fraction of sp³-hybridized carbons (Fsp3) is 0.364. The number of nitrogens with one attached hydrogen (secondary N) is 2. The minimum absolute atomic E-state index is 0.0730.